The first-order chi connectivity index (χ1) is 9.86. The maximum Gasteiger partial charge on any atom is 0.212 e. The normalized spacial score (nSPS) is 23.6. The molecule has 1 N–H and O–H groups in total. The van der Waals surface area contributed by atoms with Crippen LogP contribution < -0.4 is 0 Å². The second kappa shape index (κ2) is 6.47. The Morgan fingerprint density at radius 2 is 1.85 bits per heavy atom. The fourth-order valence-corrected chi connectivity index (χ4v) is 3.08. The largest absolute Gasteiger partial charge is 0.379 e. The van der Waals surface area contributed by atoms with E-state index in [1.165, 1.54) is 19.3 Å². The topological polar surface area (TPSA) is 61.5 Å². The van der Waals surface area contributed by atoms with Gasteiger partial charge in [-0.2, -0.15) is 5.10 Å². The lowest BCUT2D eigenvalue weighted by Crippen LogP contribution is -2.57. The minimum Gasteiger partial charge on any atom is -0.379 e. The molecule has 1 unspecified atom stereocenters. The quantitative estimate of drug-likeness (QED) is 0.823. The smallest absolute Gasteiger partial charge is 0.212 e. The Labute approximate surface area is 119 Å². The second-order valence-electron chi connectivity index (χ2n) is 5.45. The lowest BCUT2D eigenvalue weighted by Gasteiger charge is -2.41. The van der Waals surface area contributed by atoms with Gasteiger partial charge in [-0.15, -0.1) is 0 Å². The fraction of sp³-hybridized carbons (Fsp3) is 0.714. The number of hydrogen-bond donors (Lipinski definition) is 1. The highest BCUT2D eigenvalue weighted by molar-refractivity contribution is 5.98. The molecule has 110 valence electrons. The van der Waals surface area contributed by atoms with Crippen LogP contribution in [0.3, 0.4) is 0 Å². The number of carbonyl (C=O) groups is 1. The van der Waals surface area contributed by atoms with Gasteiger partial charge in [0.1, 0.15) is 11.9 Å². The van der Waals surface area contributed by atoms with Crippen LogP contribution in [0.5, 0.6) is 0 Å². The Kier molecular flexibility index (Phi) is 4.44. The van der Waals surface area contributed by atoms with E-state index in [2.05, 4.69) is 20.0 Å². The van der Waals surface area contributed by atoms with E-state index in [9.17, 15) is 4.79 Å². The molecular formula is C14H22N4O2. The number of rotatable bonds is 4. The van der Waals surface area contributed by atoms with Crippen molar-refractivity contribution in [2.75, 3.05) is 39.4 Å². The van der Waals surface area contributed by atoms with Crippen molar-refractivity contribution in [2.24, 2.45) is 0 Å². The number of nitrogens with one attached hydrogen (secondary N) is 1. The Morgan fingerprint density at radius 3 is 2.50 bits per heavy atom. The average molecular weight is 278 g/mol. The lowest BCUT2D eigenvalue weighted by molar-refractivity contribution is -0.0284. The average Bonchev–Trinajstić information content (AvgIpc) is 3.04. The first kappa shape index (κ1) is 13.7. The molecule has 1 aromatic rings. The number of ether oxygens (including phenoxy) is 1. The molecular weight excluding hydrogens is 256 g/mol. The number of hydrogen-bond acceptors (Lipinski definition) is 5. The van der Waals surface area contributed by atoms with Crippen molar-refractivity contribution >= 4 is 5.78 Å². The van der Waals surface area contributed by atoms with Gasteiger partial charge >= 0.3 is 0 Å². The van der Waals surface area contributed by atoms with Crippen molar-refractivity contribution in [1.29, 1.82) is 0 Å². The number of morpholine rings is 1. The summed E-state index contributed by atoms with van der Waals surface area (Å²) in [6, 6.07) is 1.76. The second-order valence-corrected chi connectivity index (χ2v) is 5.45. The Hall–Kier alpha value is -1.24. The zero-order chi connectivity index (χ0) is 13.8. The summed E-state index contributed by atoms with van der Waals surface area (Å²) in [4.78, 5) is 17.4. The van der Waals surface area contributed by atoms with Gasteiger partial charge in [0.2, 0.25) is 5.78 Å². The summed E-state index contributed by atoms with van der Waals surface area (Å²) in [5.74, 6) is 0.131. The fourth-order valence-electron chi connectivity index (χ4n) is 3.08. The van der Waals surface area contributed by atoms with E-state index < -0.39 is 0 Å². The predicted molar refractivity (Wildman–Crippen MR) is 74.5 cm³/mol. The Bertz CT molecular complexity index is 404. The van der Waals surface area contributed by atoms with Crippen LogP contribution >= 0.6 is 0 Å². The van der Waals surface area contributed by atoms with Crippen molar-refractivity contribution in [3.8, 4) is 0 Å². The molecule has 0 amide bonds. The van der Waals surface area contributed by atoms with Crippen LogP contribution in [0.15, 0.2) is 12.3 Å². The van der Waals surface area contributed by atoms with Crippen LogP contribution in [0.25, 0.3) is 0 Å². The van der Waals surface area contributed by atoms with Gasteiger partial charge in [-0.1, -0.05) is 6.42 Å². The molecule has 0 bridgehead atoms. The number of aromatic amines is 1. The molecule has 0 aromatic carbocycles. The van der Waals surface area contributed by atoms with Gasteiger partial charge in [0.05, 0.1) is 13.2 Å². The highest BCUT2D eigenvalue weighted by Gasteiger charge is 2.34. The summed E-state index contributed by atoms with van der Waals surface area (Å²) in [7, 11) is 0. The van der Waals surface area contributed by atoms with Crippen molar-refractivity contribution in [1.82, 2.24) is 20.0 Å². The molecule has 1 atom stereocenters. The molecule has 0 saturated carbocycles. The van der Waals surface area contributed by atoms with Crippen LogP contribution in [-0.4, -0.2) is 71.3 Å². The van der Waals surface area contributed by atoms with Gasteiger partial charge in [0, 0.05) is 32.4 Å². The third kappa shape index (κ3) is 2.92. The van der Waals surface area contributed by atoms with Crippen molar-refractivity contribution in [3.63, 3.8) is 0 Å². The van der Waals surface area contributed by atoms with Crippen LogP contribution in [0.4, 0.5) is 0 Å². The van der Waals surface area contributed by atoms with Crippen LogP contribution in [0.2, 0.25) is 0 Å². The minimum atomic E-state index is -0.167. The maximum atomic E-state index is 12.8. The molecule has 2 aliphatic rings. The highest BCUT2D eigenvalue weighted by Crippen LogP contribution is 2.19. The highest BCUT2D eigenvalue weighted by atomic mass is 16.5. The molecule has 6 nitrogen and oxygen atoms in total. The third-order valence-electron chi connectivity index (χ3n) is 4.13. The van der Waals surface area contributed by atoms with E-state index >= 15 is 0 Å². The van der Waals surface area contributed by atoms with E-state index in [1.54, 1.807) is 12.3 Å². The van der Waals surface area contributed by atoms with Crippen molar-refractivity contribution in [2.45, 2.75) is 25.4 Å². The molecule has 3 heterocycles. The Morgan fingerprint density at radius 1 is 1.15 bits per heavy atom. The first-order valence-electron chi connectivity index (χ1n) is 7.46. The molecule has 2 fully saturated rings. The number of carbonyl (C=O) groups excluding carboxylic acids is 1. The van der Waals surface area contributed by atoms with Crippen LogP contribution in [0, 0.1) is 0 Å². The summed E-state index contributed by atoms with van der Waals surface area (Å²) in [6.45, 7) is 5.06. The summed E-state index contributed by atoms with van der Waals surface area (Å²) in [5, 5.41) is 6.72. The molecule has 2 saturated heterocycles. The predicted octanol–water partition coefficient (Wildman–Crippen LogP) is 0.737. The monoisotopic (exact) mass is 278 g/mol. The van der Waals surface area contributed by atoms with Crippen molar-refractivity contribution in [3.05, 3.63) is 18.0 Å². The molecule has 3 rings (SSSR count). The number of H-pyrrole nitrogens is 1. The van der Waals surface area contributed by atoms with Crippen LogP contribution in [-0.2, 0) is 4.74 Å². The molecule has 2 aliphatic heterocycles. The van der Waals surface area contributed by atoms with Gasteiger partial charge in [-0.3, -0.25) is 19.7 Å². The van der Waals surface area contributed by atoms with Crippen LogP contribution in [0.1, 0.15) is 29.8 Å². The minimum absolute atomic E-state index is 0.131. The van der Waals surface area contributed by atoms with Gasteiger partial charge in [0.15, 0.2) is 0 Å². The van der Waals surface area contributed by atoms with E-state index in [-0.39, 0.29) is 11.9 Å². The maximum absolute atomic E-state index is 12.8. The molecule has 1 aromatic heterocycles. The number of Topliss-reactive ketones (excluding diaryl/α,β-unsaturated/α-hetero) is 1. The standard InChI is InChI=1S/C14H22N4O2/c19-13(12-4-5-15-16-12)14(17-6-2-1-3-7-17)18-8-10-20-11-9-18/h4-5,14H,1-3,6-11H2,(H,15,16). The summed E-state index contributed by atoms with van der Waals surface area (Å²) < 4.78 is 5.42. The summed E-state index contributed by atoms with van der Waals surface area (Å²) in [5.41, 5.74) is 0.604. The van der Waals surface area contributed by atoms with Gasteiger partial charge in [-0.25, -0.2) is 0 Å². The zero-order valence-corrected chi connectivity index (χ0v) is 11.8. The summed E-state index contributed by atoms with van der Waals surface area (Å²) >= 11 is 0. The number of ketones is 1. The molecule has 6 heteroatoms. The third-order valence-corrected chi connectivity index (χ3v) is 4.13. The SMILES string of the molecule is O=C(c1ccn[nH]1)C(N1CCCCC1)N1CCOCC1. The molecule has 0 radical (unpaired) electrons. The van der Waals surface area contributed by atoms with Crippen molar-refractivity contribution < 1.29 is 9.53 Å². The van der Waals surface area contributed by atoms with E-state index in [0.717, 1.165) is 26.2 Å². The number of aromatic nitrogens is 2. The van der Waals surface area contributed by atoms with Gasteiger partial charge in [-0.05, 0) is 18.9 Å². The van der Waals surface area contributed by atoms with E-state index in [4.69, 9.17) is 4.74 Å². The van der Waals surface area contributed by atoms with E-state index in [1.807, 2.05) is 0 Å². The first-order valence-corrected chi connectivity index (χ1v) is 7.46. The summed E-state index contributed by atoms with van der Waals surface area (Å²) in [6.07, 6.45) is 5.10. The lowest BCUT2D eigenvalue weighted by atomic mass is 10.1. The number of nitrogens with zero attached hydrogens (tertiary/aromatic N) is 3. The Balaban J connectivity index is 1.79. The zero-order valence-electron chi connectivity index (χ0n) is 11.8. The number of likely N-dealkylation sites (tertiary alicyclic amines) is 1. The van der Waals surface area contributed by atoms with Gasteiger partial charge in [0.25, 0.3) is 0 Å². The van der Waals surface area contributed by atoms with E-state index in [0.29, 0.717) is 18.9 Å². The number of piperidine rings is 1. The molecule has 0 spiro atoms. The molecule has 0 aliphatic carbocycles. The molecule has 20 heavy (non-hydrogen) atoms. The van der Waals surface area contributed by atoms with Gasteiger partial charge < -0.3 is 4.74 Å².